The van der Waals surface area contributed by atoms with Crippen LogP contribution in [0.3, 0.4) is 0 Å². The fourth-order valence-electron chi connectivity index (χ4n) is 7.52. The number of benzene rings is 3. The van der Waals surface area contributed by atoms with E-state index in [2.05, 4.69) is 41.1 Å². The molecular weight excluding hydrogens is 983 g/mol. The van der Waals surface area contributed by atoms with E-state index in [1.807, 2.05) is 62.4 Å². The van der Waals surface area contributed by atoms with Crippen molar-refractivity contribution < 1.29 is 70.1 Å². The Balaban J connectivity index is 1.51. The fourth-order valence-corrected chi connectivity index (χ4v) is 7.87. The quantitative estimate of drug-likeness (QED) is 0.0276. The first-order valence-electron chi connectivity index (χ1n) is 24.2. The van der Waals surface area contributed by atoms with Gasteiger partial charge in [0.1, 0.15) is 41.6 Å². The third-order valence-corrected chi connectivity index (χ3v) is 11.6. The monoisotopic (exact) mass is 1050 g/mol. The SMILES string of the molecule is CCCC[C@H](NC(=O)[C@H](Cc1ccc(OS(=O)(=O)O)cc1)NC(=O)OC(C)(C)C)C(=O)NCC(=O)N[C@@H](Cc1c[nH]c2ccccc12)C(=O)N[C@@H](CCCC)C(=O)N[C@@H](CC(=O)O)C(=O)OCCc1ccccc1. The van der Waals surface area contributed by atoms with E-state index in [0.717, 1.165) is 16.5 Å². The molecule has 0 bridgehead atoms. The summed E-state index contributed by atoms with van der Waals surface area (Å²) in [7, 11) is -4.81. The standard InChI is InChI=1S/C51H67N7O15S/c1-6-8-18-38(55-47(64)40(58-50(67)72-51(3,4)5)27-33-21-23-35(24-22-33)73-74(68,69)70)45(62)53-31-43(59)54-41(28-34-30-52-37-20-14-13-17-36(34)37)48(65)56-39(19-9-7-2)46(63)57-42(29-44(60)61)49(66)71-26-25-32-15-11-10-12-16-32/h10-17,20-24,30,38-42,52H,6-9,18-19,25-29,31H2,1-5H3,(H,53,62)(H,54,59)(H,55,64)(H,56,65)(H,57,63)(H,58,67)(H,60,61)(H,68,69,70)/t38-,39-,40-,41-,42-/m0/s1. The van der Waals surface area contributed by atoms with Crippen molar-refractivity contribution >= 4 is 68.9 Å². The lowest BCUT2D eigenvalue weighted by atomic mass is 10.0. The Morgan fingerprint density at radius 3 is 1.82 bits per heavy atom. The van der Waals surface area contributed by atoms with Gasteiger partial charge in [0.05, 0.1) is 19.6 Å². The Morgan fingerprint density at radius 2 is 1.23 bits per heavy atom. The van der Waals surface area contributed by atoms with Crippen LogP contribution < -0.4 is 36.1 Å². The Bertz CT molecular complexity index is 2660. The third kappa shape index (κ3) is 20.9. The molecule has 0 saturated carbocycles. The fraction of sp³-hybridized carbons (Fsp3) is 0.451. The molecule has 0 aliphatic heterocycles. The number of amides is 6. The number of hydrogen-bond acceptors (Lipinski definition) is 13. The van der Waals surface area contributed by atoms with Gasteiger partial charge in [-0.3, -0.25) is 33.3 Å². The first kappa shape index (κ1) is 59.0. The molecule has 3 aromatic carbocycles. The average molecular weight is 1050 g/mol. The van der Waals surface area contributed by atoms with Crippen LogP contribution in [-0.2, 0) is 72.7 Å². The van der Waals surface area contributed by atoms with Crippen molar-refractivity contribution in [2.45, 2.75) is 135 Å². The van der Waals surface area contributed by atoms with E-state index in [-0.39, 0.29) is 38.0 Å². The number of H-pyrrole nitrogens is 1. The van der Waals surface area contributed by atoms with Gasteiger partial charge in [0.15, 0.2) is 0 Å². The number of nitrogens with one attached hydrogen (secondary N) is 7. The van der Waals surface area contributed by atoms with E-state index in [1.54, 1.807) is 33.0 Å². The second kappa shape index (κ2) is 28.6. The maximum absolute atomic E-state index is 14.3. The molecule has 9 N–H and O–H groups in total. The van der Waals surface area contributed by atoms with Crippen LogP contribution in [0.4, 0.5) is 4.79 Å². The van der Waals surface area contributed by atoms with Crippen LogP contribution in [0.2, 0.25) is 0 Å². The molecular formula is C51H67N7O15S. The maximum atomic E-state index is 14.3. The summed E-state index contributed by atoms with van der Waals surface area (Å²) in [6, 6.07) is 14.8. The molecule has 1 aromatic heterocycles. The van der Waals surface area contributed by atoms with E-state index in [0.29, 0.717) is 43.2 Å². The average Bonchev–Trinajstić information content (AvgIpc) is 3.74. The summed E-state index contributed by atoms with van der Waals surface area (Å²) >= 11 is 0. The summed E-state index contributed by atoms with van der Waals surface area (Å²) in [5, 5.41) is 25.8. The normalized spacial score (nSPS) is 13.4. The highest BCUT2D eigenvalue weighted by atomic mass is 32.3. The number of fused-ring (bicyclic) bond motifs is 1. The van der Waals surface area contributed by atoms with E-state index in [4.69, 9.17) is 14.0 Å². The van der Waals surface area contributed by atoms with E-state index in [9.17, 15) is 51.9 Å². The highest BCUT2D eigenvalue weighted by molar-refractivity contribution is 7.81. The van der Waals surface area contributed by atoms with Gasteiger partial charge in [-0.1, -0.05) is 100 Å². The predicted octanol–water partition coefficient (Wildman–Crippen LogP) is 3.72. The number of aliphatic carboxylic acids is 1. The van der Waals surface area contributed by atoms with Gasteiger partial charge in [-0.05, 0) is 68.5 Å². The summed E-state index contributed by atoms with van der Waals surface area (Å²) in [6.07, 6.45) is 2.29. The van der Waals surface area contributed by atoms with Crippen LogP contribution in [0.5, 0.6) is 5.75 Å². The summed E-state index contributed by atoms with van der Waals surface area (Å²) in [5.74, 6) is -6.63. The van der Waals surface area contributed by atoms with Gasteiger partial charge < -0.3 is 55.6 Å². The molecule has 74 heavy (non-hydrogen) atoms. The largest absolute Gasteiger partial charge is 0.481 e. The molecule has 23 heteroatoms. The minimum Gasteiger partial charge on any atom is -0.481 e. The molecule has 22 nitrogen and oxygen atoms in total. The molecule has 5 atom stereocenters. The zero-order chi connectivity index (χ0) is 54.4. The van der Waals surface area contributed by atoms with Crippen molar-refractivity contribution in [1.82, 2.24) is 36.9 Å². The lowest BCUT2D eigenvalue weighted by Gasteiger charge is -2.26. The van der Waals surface area contributed by atoms with Gasteiger partial charge in [-0.2, -0.15) is 8.42 Å². The Kier molecular flexibility index (Phi) is 22.9. The first-order valence-corrected chi connectivity index (χ1v) is 25.6. The number of unbranched alkanes of at least 4 members (excludes halogenated alkanes) is 2. The van der Waals surface area contributed by atoms with Gasteiger partial charge in [0, 0.05) is 36.4 Å². The van der Waals surface area contributed by atoms with Crippen LogP contribution in [0.25, 0.3) is 10.9 Å². The molecule has 4 aromatic rings. The van der Waals surface area contributed by atoms with E-state index >= 15 is 0 Å². The van der Waals surface area contributed by atoms with Crippen LogP contribution in [0.1, 0.15) is 96.3 Å². The number of alkyl carbamates (subject to hydrolysis) is 1. The number of carboxylic acids is 1. The molecule has 0 aliphatic carbocycles. The lowest BCUT2D eigenvalue weighted by Crippen LogP contribution is -2.58. The van der Waals surface area contributed by atoms with Gasteiger partial charge in [-0.15, -0.1) is 0 Å². The molecule has 0 fully saturated rings. The number of aromatic amines is 1. The molecule has 0 radical (unpaired) electrons. The van der Waals surface area contributed by atoms with E-state index < -0.39 is 107 Å². The highest BCUT2D eigenvalue weighted by Gasteiger charge is 2.33. The van der Waals surface area contributed by atoms with Crippen molar-refractivity contribution in [2.24, 2.45) is 0 Å². The number of hydrogen-bond donors (Lipinski definition) is 9. The number of rotatable bonds is 29. The van der Waals surface area contributed by atoms with Gasteiger partial charge >= 0.3 is 28.4 Å². The Hall–Kier alpha value is -7.53. The molecule has 6 amide bonds. The van der Waals surface area contributed by atoms with Crippen molar-refractivity contribution in [3.63, 3.8) is 0 Å². The summed E-state index contributed by atoms with van der Waals surface area (Å²) < 4.78 is 46.6. The zero-order valence-electron chi connectivity index (χ0n) is 42.1. The maximum Gasteiger partial charge on any atom is 0.446 e. The van der Waals surface area contributed by atoms with Crippen molar-refractivity contribution in [3.8, 4) is 5.75 Å². The molecule has 0 saturated heterocycles. The topological polar surface area (TPSA) is 327 Å². The van der Waals surface area contributed by atoms with Crippen molar-refractivity contribution in [1.29, 1.82) is 0 Å². The summed E-state index contributed by atoms with van der Waals surface area (Å²) in [4.78, 5) is 111. The van der Waals surface area contributed by atoms with Gasteiger partial charge in [0.25, 0.3) is 0 Å². The van der Waals surface area contributed by atoms with Crippen LogP contribution >= 0.6 is 0 Å². The first-order chi connectivity index (χ1) is 35.0. The van der Waals surface area contributed by atoms with E-state index in [1.165, 1.54) is 24.3 Å². The number of carbonyl (C=O) groups is 8. The Morgan fingerprint density at radius 1 is 0.662 bits per heavy atom. The minimum absolute atomic E-state index is 0.0814. The predicted molar refractivity (Wildman–Crippen MR) is 271 cm³/mol. The molecule has 1 heterocycles. The Labute approximate surface area is 429 Å². The van der Waals surface area contributed by atoms with Crippen LogP contribution in [0.15, 0.2) is 85.1 Å². The number of carbonyl (C=O) groups excluding carboxylic acids is 7. The second-order valence-electron chi connectivity index (χ2n) is 18.4. The van der Waals surface area contributed by atoms with Gasteiger partial charge in [-0.25, -0.2) is 9.59 Å². The smallest absolute Gasteiger partial charge is 0.446 e. The number of carboxylic acid groups (broad SMARTS) is 1. The molecule has 4 rings (SSSR count). The van der Waals surface area contributed by atoms with Crippen LogP contribution in [0, 0.1) is 0 Å². The highest BCUT2D eigenvalue weighted by Crippen LogP contribution is 2.20. The molecule has 402 valence electrons. The third-order valence-electron chi connectivity index (χ3n) is 11.2. The van der Waals surface area contributed by atoms with Crippen molar-refractivity contribution in [2.75, 3.05) is 13.2 Å². The minimum atomic E-state index is -4.81. The number of esters is 1. The number of para-hydroxylation sites is 1. The lowest BCUT2D eigenvalue weighted by molar-refractivity contribution is -0.152. The van der Waals surface area contributed by atoms with Crippen molar-refractivity contribution in [3.05, 3.63) is 102 Å². The molecule has 0 aliphatic rings. The molecule has 0 unspecified atom stereocenters. The second-order valence-corrected chi connectivity index (χ2v) is 19.5. The van der Waals surface area contributed by atoms with Crippen LogP contribution in [-0.4, -0.2) is 120 Å². The number of aromatic nitrogens is 1. The summed E-state index contributed by atoms with van der Waals surface area (Å²) in [5.41, 5.74) is 1.71. The molecule has 0 spiro atoms. The summed E-state index contributed by atoms with van der Waals surface area (Å²) in [6.45, 7) is 7.82. The zero-order valence-corrected chi connectivity index (χ0v) is 42.9. The number of ether oxygens (including phenoxy) is 2. The van der Waals surface area contributed by atoms with Gasteiger partial charge in [0.2, 0.25) is 29.5 Å².